The molecule has 1 N–H and O–H groups in total. The first-order valence-electron chi connectivity index (χ1n) is 7.02. The van der Waals surface area contributed by atoms with E-state index in [0.29, 0.717) is 0 Å². The van der Waals surface area contributed by atoms with Gasteiger partial charge in [-0.1, -0.05) is 50.5 Å². The highest BCUT2D eigenvalue weighted by Crippen LogP contribution is 2.28. The fourth-order valence-electron chi connectivity index (χ4n) is 2.90. The van der Waals surface area contributed by atoms with Crippen molar-refractivity contribution in [2.24, 2.45) is 11.8 Å². The first-order valence-corrected chi connectivity index (χ1v) is 7.02. The van der Waals surface area contributed by atoms with E-state index in [1.165, 1.54) is 43.4 Å². The van der Waals surface area contributed by atoms with E-state index in [1.54, 1.807) is 0 Å². The lowest BCUT2D eigenvalue weighted by Crippen LogP contribution is -2.29. The third-order valence-corrected chi connectivity index (χ3v) is 4.27. The van der Waals surface area contributed by atoms with Crippen molar-refractivity contribution >= 4 is 0 Å². The molecule has 0 aromatic heterocycles. The summed E-state index contributed by atoms with van der Waals surface area (Å²) in [5.74, 6) is 1.81. The van der Waals surface area contributed by atoms with E-state index < -0.39 is 0 Å². The molecule has 0 heterocycles. The van der Waals surface area contributed by atoms with E-state index in [-0.39, 0.29) is 0 Å². The van der Waals surface area contributed by atoms with Crippen LogP contribution in [0.5, 0.6) is 0 Å². The second-order valence-corrected chi connectivity index (χ2v) is 5.58. The Bertz CT molecular complexity index is 345. The molecule has 0 radical (unpaired) electrons. The lowest BCUT2D eigenvalue weighted by atomic mass is 9.80. The smallest absolute Gasteiger partial charge is 0.0208 e. The Morgan fingerprint density at radius 1 is 1.18 bits per heavy atom. The molecule has 0 bridgehead atoms. The summed E-state index contributed by atoms with van der Waals surface area (Å²) in [5, 5.41) is 3.64. The number of rotatable bonds is 4. The van der Waals surface area contributed by atoms with Gasteiger partial charge in [-0.25, -0.2) is 0 Å². The molecule has 2 atom stereocenters. The first kappa shape index (κ1) is 12.6. The van der Waals surface area contributed by atoms with Crippen molar-refractivity contribution in [2.75, 3.05) is 6.54 Å². The molecule has 2 rings (SSSR count). The van der Waals surface area contributed by atoms with Crippen molar-refractivity contribution in [3.8, 4) is 0 Å². The van der Waals surface area contributed by atoms with Crippen LogP contribution in [0, 0.1) is 18.8 Å². The summed E-state index contributed by atoms with van der Waals surface area (Å²) in [6.07, 6.45) is 5.72. The third kappa shape index (κ3) is 3.57. The molecular weight excluding hydrogens is 206 g/mol. The van der Waals surface area contributed by atoms with Crippen molar-refractivity contribution in [3.05, 3.63) is 35.4 Å². The van der Waals surface area contributed by atoms with Crippen LogP contribution in [0.25, 0.3) is 0 Å². The summed E-state index contributed by atoms with van der Waals surface area (Å²) in [6.45, 7) is 6.82. The fraction of sp³-hybridized carbons (Fsp3) is 0.625. The normalized spacial score (nSPS) is 24.8. The highest BCUT2D eigenvalue weighted by atomic mass is 14.9. The van der Waals surface area contributed by atoms with Gasteiger partial charge in [0.15, 0.2) is 0 Å². The Hall–Kier alpha value is -0.820. The van der Waals surface area contributed by atoms with Crippen molar-refractivity contribution in [1.29, 1.82) is 0 Å². The van der Waals surface area contributed by atoms with Gasteiger partial charge in [0.25, 0.3) is 0 Å². The number of hydrogen-bond donors (Lipinski definition) is 1. The predicted octanol–water partition coefficient (Wildman–Crippen LogP) is 3.91. The topological polar surface area (TPSA) is 12.0 Å². The number of benzene rings is 1. The molecule has 1 aliphatic rings. The summed E-state index contributed by atoms with van der Waals surface area (Å²) < 4.78 is 0. The Morgan fingerprint density at radius 3 is 2.71 bits per heavy atom. The molecule has 2 unspecified atom stereocenters. The van der Waals surface area contributed by atoms with Crippen LogP contribution >= 0.6 is 0 Å². The molecule has 0 saturated heterocycles. The second kappa shape index (κ2) is 6.20. The maximum atomic E-state index is 3.64. The number of aryl methyl sites for hydroxylation is 1. The minimum absolute atomic E-state index is 0.896. The van der Waals surface area contributed by atoms with Gasteiger partial charge in [-0.2, -0.15) is 0 Å². The summed E-state index contributed by atoms with van der Waals surface area (Å²) in [4.78, 5) is 0. The van der Waals surface area contributed by atoms with Gasteiger partial charge in [0, 0.05) is 6.54 Å². The van der Waals surface area contributed by atoms with Crippen LogP contribution in [-0.2, 0) is 6.54 Å². The highest BCUT2D eigenvalue weighted by Gasteiger charge is 2.20. The van der Waals surface area contributed by atoms with Gasteiger partial charge in [0.2, 0.25) is 0 Å². The number of hydrogen-bond acceptors (Lipinski definition) is 1. The Morgan fingerprint density at radius 2 is 1.94 bits per heavy atom. The van der Waals surface area contributed by atoms with Gasteiger partial charge in [-0.3, -0.25) is 0 Å². The fourth-order valence-corrected chi connectivity index (χ4v) is 2.90. The summed E-state index contributed by atoms with van der Waals surface area (Å²) in [7, 11) is 0. The van der Waals surface area contributed by atoms with Gasteiger partial charge in [-0.15, -0.1) is 0 Å². The molecule has 1 nitrogen and oxygen atoms in total. The lowest BCUT2D eigenvalue weighted by Gasteiger charge is -2.29. The maximum absolute atomic E-state index is 3.64. The molecule has 1 saturated carbocycles. The highest BCUT2D eigenvalue weighted by molar-refractivity contribution is 5.25. The molecular formula is C16H25N. The molecule has 1 fully saturated rings. The van der Waals surface area contributed by atoms with E-state index in [0.717, 1.165) is 18.4 Å². The van der Waals surface area contributed by atoms with Crippen LogP contribution in [0.15, 0.2) is 24.3 Å². The van der Waals surface area contributed by atoms with Crippen molar-refractivity contribution in [2.45, 2.75) is 46.1 Å². The zero-order chi connectivity index (χ0) is 12.1. The first-order chi connectivity index (χ1) is 8.27. The van der Waals surface area contributed by atoms with E-state index in [4.69, 9.17) is 0 Å². The quantitative estimate of drug-likeness (QED) is 0.828. The van der Waals surface area contributed by atoms with Gasteiger partial charge >= 0.3 is 0 Å². The van der Waals surface area contributed by atoms with Crippen molar-refractivity contribution in [3.63, 3.8) is 0 Å². The van der Waals surface area contributed by atoms with Crippen LogP contribution in [-0.4, -0.2) is 6.54 Å². The molecule has 1 heteroatoms. The molecule has 0 aliphatic heterocycles. The minimum Gasteiger partial charge on any atom is -0.312 e. The average molecular weight is 231 g/mol. The summed E-state index contributed by atoms with van der Waals surface area (Å²) in [6, 6.07) is 8.67. The van der Waals surface area contributed by atoms with E-state index in [2.05, 4.69) is 43.4 Å². The van der Waals surface area contributed by atoms with E-state index >= 15 is 0 Å². The molecule has 0 spiro atoms. The molecule has 1 aliphatic carbocycles. The monoisotopic (exact) mass is 231 g/mol. The SMILES string of the molecule is Cc1ccccc1CNCC1CCCCC1C. The predicted molar refractivity (Wildman–Crippen MR) is 74.0 cm³/mol. The summed E-state index contributed by atoms with van der Waals surface area (Å²) >= 11 is 0. The average Bonchev–Trinajstić information content (AvgIpc) is 2.34. The number of nitrogens with one attached hydrogen (secondary N) is 1. The standard InChI is InChI=1S/C16H25N/c1-13-7-3-5-9-15(13)11-17-12-16-10-6-4-8-14(16)2/h3,5,7,9,14,16-17H,4,6,8,10-12H2,1-2H3. The van der Waals surface area contributed by atoms with E-state index in [1.807, 2.05) is 0 Å². The molecule has 17 heavy (non-hydrogen) atoms. The van der Waals surface area contributed by atoms with Crippen molar-refractivity contribution in [1.82, 2.24) is 5.32 Å². The van der Waals surface area contributed by atoms with Crippen LogP contribution in [0.3, 0.4) is 0 Å². The third-order valence-electron chi connectivity index (χ3n) is 4.27. The largest absolute Gasteiger partial charge is 0.312 e. The lowest BCUT2D eigenvalue weighted by molar-refractivity contribution is 0.247. The van der Waals surface area contributed by atoms with Crippen LogP contribution in [0.1, 0.15) is 43.7 Å². The summed E-state index contributed by atoms with van der Waals surface area (Å²) in [5.41, 5.74) is 2.84. The Labute approximate surface area is 106 Å². The van der Waals surface area contributed by atoms with Gasteiger partial charge < -0.3 is 5.32 Å². The van der Waals surface area contributed by atoms with E-state index in [9.17, 15) is 0 Å². The van der Waals surface area contributed by atoms with Gasteiger partial charge in [0.05, 0.1) is 0 Å². The zero-order valence-corrected chi connectivity index (χ0v) is 11.2. The van der Waals surface area contributed by atoms with Crippen molar-refractivity contribution < 1.29 is 0 Å². The molecule has 0 amide bonds. The minimum atomic E-state index is 0.896. The maximum Gasteiger partial charge on any atom is 0.0208 e. The van der Waals surface area contributed by atoms with Crippen LogP contribution in [0.2, 0.25) is 0 Å². The molecule has 1 aromatic carbocycles. The van der Waals surface area contributed by atoms with Gasteiger partial charge in [-0.05, 0) is 42.9 Å². The van der Waals surface area contributed by atoms with Crippen LogP contribution in [0.4, 0.5) is 0 Å². The second-order valence-electron chi connectivity index (χ2n) is 5.58. The van der Waals surface area contributed by atoms with Gasteiger partial charge in [0.1, 0.15) is 0 Å². The zero-order valence-electron chi connectivity index (χ0n) is 11.2. The Kier molecular flexibility index (Phi) is 4.61. The van der Waals surface area contributed by atoms with Crippen LogP contribution < -0.4 is 5.32 Å². The molecule has 94 valence electrons. The Balaban J connectivity index is 1.77. The molecule has 1 aromatic rings.